The van der Waals surface area contributed by atoms with Crippen LogP contribution in [0, 0.1) is 0 Å². The Kier molecular flexibility index (Phi) is 5.55. The minimum atomic E-state index is -0.538. The van der Waals surface area contributed by atoms with Crippen LogP contribution in [0.3, 0.4) is 0 Å². The summed E-state index contributed by atoms with van der Waals surface area (Å²) in [7, 11) is 0. The molecule has 1 fully saturated rings. The highest BCUT2D eigenvalue weighted by molar-refractivity contribution is 5.93. The van der Waals surface area contributed by atoms with Crippen LogP contribution in [0.25, 0.3) is 5.82 Å². The third-order valence-electron chi connectivity index (χ3n) is 3.96. The quantitative estimate of drug-likeness (QED) is 0.878. The third-order valence-corrected chi connectivity index (χ3v) is 3.96. The summed E-state index contributed by atoms with van der Waals surface area (Å²) in [6.07, 6.45) is 9.60. The van der Waals surface area contributed by atoms with E-state index in [1.165, 1.54) is 0 Å². The molecule has 0 radical (unpaired) electrons. The van der Waals surface area contributed by atoms with Crippen LogP contribution in [0.1, 0.15) is 26.2 Å². The number of imidazole rings is 1. The molecule has 3 rings (SSSR count). The van der Waals surface area contributed by atoms with E-state index in [0.29, 0.717) is 12.3 Å². The molecule has 1 amide bonds. The Labute approximate surface area is 141 Å². The van der Waals surface area contributed by atoms with Gasteiger partial charge in [-0.3, -0.25) is 9.36 Å². The number of ether oxygens (including phenoxy) is 2. The second kappa shape index (κ2) is 8.03. The Morgan fingerprint density at radius 1 is 1.50 bits per heavy atom. The van der Waals surface area contributed by atoms with Crippen LogP contribution in [0.4, 0.5) is 5.69 Å². The molecule has 1 aliphatic rings. The van der Waals surface area contributed by atoms with Crippen molar-refractivity contribution in [1.29, 1.82) is 0 Å². The maximum absolute atomic E-state index is 12.2. The number of anilines is 1. The van der Waals surface area contributed by atoms with E-state index in [4.69, 9.17) is 9.47 Å². The molecule has 1 aliphatic heterocycles. The number of carbonyl (C=O) groups excluding carboxylic acids is 1. The lowest BCUT2D eigenvalue weighted by Gasteiger charge is -2.23. The molecule has 7 nitrogen and oxygen atoms in total. The van der Waals surface area contributed by atoms with Gasteiger partial charge in [0.25, 0.3) is 5.91 Å². The van der Waals surface area contributed by atoms with Crippen molar-refractivity contribution >= 4 is 11.6 Å². The number of rotatable bonds is 6. The number of aromatic nitrogens is 3. The molecule has 2 aromatic rings. The van der Waals surface area contributed by atoms with Gasteiger partial charge in [0, 0.05) is 19.0 Å². The molecule has 2 unspecified atom stereocenters. The molecule has 2 atom stereocenters. The Hall–Kier alpha value is -2.25. The summed E-state index contributed by atoms with van der Waals surface area (Å²) in [5, 5.41) is 2.81. The maximum Gasteiger partial charge on any atom is 0.253 e. The first-order valence-corrected chi connectivity index (χ1v) is 8.21. The van der Waals surface area contributed by atoms with Crippen LogP contribution < -0.4 is 5.32 Å². The Bertz CT molecular complexity index is 636. The molecular weight excluding hydrogens is 308 g/mol. The smallest absolute Gasteiger partial charge is 0.253 e. The minimum Gasteiger partial charge on any atom is -0.376 e. The van der Waals surface area contributed by atoms with Crippen LogP contribution in [0.2, 0.25) is 0 Å². The first-order chi connectivity index (χ1) is 11.7. The zero-order chi connectivity index (χ0) is 16.8. The summed E-state index contributed by atoms with van der Waals surface area (Å²) < 4.78 is 13.0. The lowest BCUT2D eigenvalue weighted by atomic mass is 10.1. The van der Waals surface area contributed by atoms with Crippen LogP contribution in [-0.4, -0.2) is 45.9 Å². The van der Waals surface area contributed by atoms with Gasteiger partial charge in [-0.25, -0.2) is 9.97 Å². The molecule has 2 aromatic heterocycles. The highest BCUT2D eigenvalue weighted by Crippen LogP contribution is 2.14. The molecule has 7 heteroatoms. The third kappa shape index (κ3) is 4.39. The number of nitrogens with one attached hydrogen (secondary N) is 1. The van der Waals surface area contributed by atoms with Gasteiger partial charge < -0.3 is 14.8 Å². The van der Waals surface area contributed by atoms with E-state index in [1.807, 2.05) is 12.3 Å². The van der Waals surface area contributed by atoms with Crippen molar-refractivity contribution in [3.05, 3.63) is 37.1 Å². The largest absolute Gasteiger partial charge is 0.376 e. The van der Waals surface area contributed by atoms with E-state index < -0.39 is 6.10 Å². The van der Waals surface area contributed by atoms with Crippen LogP contribution in [0.5, 0.6) is 0 Å². The summed E-state index contributed by atoms with van der Waals surface area (Å²) in [4.78, 5) is 20.5. The Balaban J connectivity index is 1.48. The lowest BCUT2D eigenvalue weighted by Crippen LogP contribution is -2.32. The van der Waals surface area contributed by atoms with Crippen molar-refractivity contribution in [3.8, 4) is 5.82 Å². The van der Waals surface area contributed by atoms with Crippen molar-refractivity contribution in [2.75, 3.05) is 18.5 Å². The van der Waals surface area contributed by atoms with Gasteiger partial charge in [0.05, 0.1) is 24.6 Å². The topological polar surface area (TPSA) is 78.3 Å². The van der Waals surface area contributed by atoms with E-state index in [9.17, 15) is 4.79 Å². The second-order valence-electron chi connectivity index (χ2n) is 5.83. The van der Waals surface area contributed by atoms with Gasteiger partial charge >= 0.3 is 0 Å². The van der Waals surface area contributed by atoms with Crippen molar-refractivity contribution in [2.24, 2.45) is 0 Å². The molecular formula is C17H22N4O3. The van der Waals surface area contributed by atoms with E-state index >= 15 is 0 Å². The van der Waals surface area contributed by atoms with Crippen molar-refractivity contribution in [3.63, 3.8) is 0 Å². The zero-order valence-corrected chi connectivity index (χ0v) is 13.7. The molecule has 0 saturated carbocycles. The predicted molar refractivity (Wildman–Crippen MR) is 89.0 cm³/mol. The van der Waals surface area contributed by atoms with E-state index in [0.717, 1.165) is 31.7 Å². The summed E-state index contributed by atoms with van der Waals surface area (Å²) >= 11 is 0. The van der Waals surface area contributed by atoms with Gasteiger partial charge in [0.2, 0.25) is 0 Å². The summed E-state index contributed by atoms with van der Waals surface area (Å²) in [5.74, 6) is 0.548. The summed E-state index contributed by atoms with van der Waals surface area (Å²) in [6.45, 7) is 2.97. The monoisotopic (exact) mass is 330 g/mol. The SMILES string of the molecule is CC(OCC1CCCCO1)C(=O)Nc1ccc(-n2ccnc2)nc1. The molecule has 0 aliphatic carbocycles. The highest BCUT2D eigenvalue weighted by atomic mass is 16.5. The standard InChI is InChI=1S/C17H22N4O3/c1-13(24-11-15-4-2-3-9-23-15)17(22)20-14-5-6-16(19-10-14)21-8-7-18-12-21/h5-8,10,12-13,15H,2-4,9,11H2,1H3,(H,20,22). The van der Waals surface area contributed by atoms with Crippen molar-refractivity contribution in [2.45, 2.75) is 38.4 Å². The molecule has 0 aromatic carbocycles. The lowest BCUT2D eigenvalue weighted by molar-refractivity contribution is -0.130. The van der Waals surface area contributed by atoms with E-state index in [1.54, 1.807) is 36.3 Å². The van der Waals surface area contributed by atoms with Crippen molar-refractivity contribution < 1.29 is 14.3 Å². The fourth-order valence-electron chi connectivity index (χ4n) is 2.52. The second-order valence-corrected chi connectivity index (χ2v) is 5.83. The van der Waals surface area contributed by atoms with Crippen LogP contribution >= 0.6 is 0 Å². The van der Waals surface area contributed by atoms with Gasteiger partial charge in [-0.05, 0) is 38.3 Å². The molecule has 24 heavy (non-hydrogen) atoms. The number of hydrogen-bond acceptors (Lipinski definition) is 5. The fraction of sp³-hybridized carbons (Fsp3) is 0.471. The number of carbonyl (C=O) groups is 1. The van der Waals surface area contributed by atoms with Gasteiger partial charge in [0.1, 0.15) is 18.2 Å². The predicted octanol–water partition coefficient (Wildman–Crippen LogP) is 2.18. The van der Waals surface area contributed by atoms with Gasteiger partial charge in [-0.1, -0.05) is 0 Å². The van der Waals surface area contributed by atoms with E-state index in [-0.39, 0.29) is 12.0 Å². The number of nitrogens with zero attached hydrogens (tertiary/aromatic N) is 3. The van der Waals surface area contributed by atoms with Crippen LogP contribution in [-0.2, 0) is 14.3 Å². The average Bonchev–Trinajstić information content (AvgIpc) is 3.16. The average molecular weight is 330 g/mol. The number of hydrogen-bond donors (Lipinski definition) is 1. The number of pyridine rings is 1. The maximum atomic E-state index is 12.2. The minimum absolute atomic E-state index is 0.102. The first-order valence-electron chi connectivity index (χ1n) is 8.21. The van der Waals surface area contributed by atoms with Crippen LogP contribution in [0.15, 0.2) is 37.1 Å². The highest BCUT2D eigenvalue weighted by Gasteiger charge is 2.19. The Morgan fingerprint density at radius 2 is 2.42 bits per heavy atom. The molecule has 1 saturated heterocycles. The summed E-state index contributed by atoms with van der Waals surface area (Å²) in [6, 6.07) is 3.62. The molecule has 128 valence electrons. The fourth-order valence-corrected chi connectivity index (χ4v) is 2.52. The summed E-state index contributed by atoms with van der Waals surface area (Å²) in [5.41, 5.74) is 0.633. The molecule has 1 N–H and O–H groups in total. The number of amides is 1. The van der Waals surface area contributed by atoms with Gasteiger partial charge in [0.15, 0.2) is 0 Å². The molecule has 3 heterocycles. The normalized spacial score (nSPS) is 19.0. The van der Waals surface area contributed by atoms with E-state index in [2.05, 4.69) is 15.3 Å². The van der Waals surface area contributed by atoms with Crippen molar-refractivity contribution in [1.82, 2.24) is 14.5 Å². The van der Waals surface area contributed by atoms with Gasteiger partial charge in [-0.2, -0.15) is 0 Å². The zero-order valence-electron chi connectivity index (χ0n) is 13.7. The molecule has 0 spiro atoms. The molecule has 0 bridgehead atoms. The first kappa shape index (κ1) is 16.6. The van der Waals surface area contributed by atoms with Gasteiger partial charge in [-0.15, -0.1) is 0 Å². The Morgan fingerprint density at radius 3 is 3.08 bits per heavy atom.